The average Bonchev–Trinajstić information content (AvgIpc) is 3.17. The number of anilines is 2. The van der Waals surface area contributed by atoms with Crippen molar-refractivity contribution in [2.45, 2.75) is 36.9 Å². The van der Waals surface area contributed by atoms with E-state index in [2.05, 4.69) is 5.32 Å². The van der Waals surface area contributed by atoms with Crippen molar-refractivity contribution in [2.75, 3.05) is 16.6 Å². The van der Waals surface area contributed by atoms with Crippen LogP contribution in [0, 0.1) is 6.92 Å². The van der Waals surface area contributed by atoms with Gasteiger partial charge in [-0.3, -0.25) is 9.52 Å². The number of hydrogen-bond acceptors (Lipinski definition) is 4. The molecule has 2 N–H and O–H groups in total. The predicted molar refractivity (Wildman–Crippen MR) is 101 cm³/mol. The van der Waals surface area contributed by atoms with Gasteiger partial charge < -0.3 is 10.1 Å². The standard InChI is InChI=1S/C19H19F3N2O4S/c1-12-4-7-14(8-5-12)29(26,27)24-16-9-6-13(11-15(16)19(20,21)22)23-18(25)17-3-2-10-28-17/h4-9,11,17,24H,2-3,10H2,1H3,(H,23,25). The lowest BCUT2D eigenvalue weighted by molar-refractivity contribution is -0.137. The second-order valence-electron chi connectivity index (χ2n) is 6.67. The molecule has 2 aromatic rings. The van der Waals surface area contributed by atoms with E-state index in [9.17, 15) is 26.4 Å². The highest BCUT2D eigenvalue weighted by Crippen LogP contribution is 2.37. The number of rotatable bonds is 5. The smallest absolute Gasteiger partial charge is 0.368 e. The Labute approximate surface area is 166 Å². The number of carbonyl (C=O) groups is 1. The first-order valence-electron chi connectivity index (χ1n) is 8.79. The molecule has 29 heavy (non-hydrogen) atoms. The molecule has 0 aromatic heterocycles. The summed E-state index contributed by atoms with van der Waals surface area (Å²) in [6.07, 6.45) is -4.35. The van der Waals surface area contributed by atoms with Gasteiger partial charge in [-0.2, -0.15) is 13.2 Å². The van der Waals surface area contributed by atoms with Crippen LogP contribution in [0.5, 0.6) is 0 Å². The van der Waals surface area contributed by atoms with Gasteiger partial charge in [0, 0.05) is 12.3 Å². The average molecular weight is 428 g/mol. The first-order valence-corrected chi connectivity index (χ1v) is 10.3. The Kier molecular flexibility index (Phi) is 5.85. The molecule has 0 spiro atoms. The van der Waals surface area contributed by atoms with E-state index in [-0.39, 0.29) is 10.6 Å². The van der Waals surface area contributed by atoms with Gasteiger partial charge in [-0.1, -0.05) is 17.7 Å². The Balaban J connectivity index is 1.88. The Hall–Kier alpha value is -2.59. The molecule has 156 valence electrons. The van der Waals surface area contributed by atoms with E-state index in [1.165, 1.54) is 18.2 Å². The van der Waals surface area contributed by atoms with Crippen LogP contribution in [0.15, 0.2) is 47.4 Å². The van der Waals surface area contributed by atoms with Crippen LogP contribution in [0.2, 0.25) is 0 Å². The summed E-state index contributed by atoms with van der Waals surface area (Å²) in [5.74, 6) is -0.538. The molecule has 1 atom stereocenters. The predicted octanol–water partition coefficient (Wildman–Crippen LogP) is 3.93. The number of sulfonamides is 1. The molecule has 1 aliphatic rings. The fourth-order valence-corrected chi connectivity index (χ4v) is 3.95. The van der Waals surface area contributed by atoms with Crippen molar-refractivity contribution in [2.24, 2.45) is 0 Å². The minimum absolute atomic E-state index is 0.101. The van der Waals surface area contributed by atoms with Gasteiger partial charge >= 0.3 is 6.18 Å². The SMILES string of the molecule is Cc1ccc(S(=O)(=O)Nc2ccc(NC(=O)C3CCCO3)cc2C(F)(F)F)cc1. The fourth-order valence-electron chi connectivity index (χ4n) is 2.87. The lowest BCUT2D eigenvalue weighted by atomic mass is 10.1. The normalized spacial score (nSPS) is 17.2. The first-order chi connectivity index (χ1) is 13.6. The van der Waals surface area contributed by atoms with Crippen LogP contribution in [0.3, 0.4) is 0 Å². The number of ether oxygens (including phenoxy) is 1. The second-order valence-corrected chi connectivity index (χ2v) is 8.35. The lowest BCUT2D eigenvalue weighted by Crippen LogP contribution is -2.27. The van der Waals surface area contributed by atoms with E-state index < -0.39 is 39.5 Å². The lowest BCUT2D eigenvalue weighted by Gasteiger charge is -2.17. The summed E-state index contributed by atoms with van der Waals surface area (Å²) in [7, 11) is -4.22. The van der Waals surface area contributed by atoms with Crippen molar-refractivity contribution in [3.8, 4) is 0 Å². The number of carbonyl (C=O) groups excluding carboxylic acids is 1. The summed E-state index contributed by atoms with van der Waals surface area (Å²) in [6, 6.07) is 8.57. The van der Waals surface area contributed by atoms with E-state index in [0.29, 0.717) is 25.5 Å². The van der Waals surface area contributed by atoms with Crippen molar-refractivity contribution in [3.05, 3.63) is 53.6 Å². The summed E-state index contributed by atoms with van der Waals surface area (Å²) in [6.45, 7) is 2.18. The first kappa shape index (κ1) is 21.1. The van der Waals surface area contributed by atoms with Crippen LogP contribution in [0.1, 0.15) is 24.0 Å². The summed E-state index contributed by atoms with van der Waals surface area (Å²) in [4.78, 5) is 11.9. The highest BCUT2D eigenvalue weighted by molar-refractivity contribution is 7.92. The minimum Gasteiger partial charge on any atom is -0.368 e. The molecule has 0 aliphatic carbocycles. The monoisotopic (exact) mass is 428 g/mol. The molecule has 1 aliphatic heterocycles. The zero-order chi connectivity index (χ0) is 21.2. The fraction of sp³-hybridized carbons (Fsp3) is 0.316. The molecule has 1 fully saturated rings. The largest absolute Gasteiger partial charge is 0.418 e. The summed E-state index contributed by atoms with van der Waals surface area (Å²) >= 11 is 0. The van der Waals surface area contributed by atoms with Crippen molar-refractivity contribution in [1.82, 2.24) is 0 Å². The number of aryl methyl sites for hydroxylation is 1. The Bertz CT molecular complexity index is 999. The van der Waals surface area contributed by atoms with Crippen LogP contribution < -0.4 is 10.0 Å². The topological polar surface area (TPSA) is 84.5 Å². The number of hydrogen-bond donors (Lipinski definition) is 2. The molecule has 0 saturated carbocycles. The summed E-state index contributed by atoms with van der Waals surface area (Å²) < 4.78 is 72.7. The maximum absolute atomic E-state index is 13.5. The van der Waals surface area contributed by atoms with Gasteiger partial charge in [-0.05, 0) is 50.1 Å². The Morgan fingerprint density at radius 1 is 1.14 bits per heavy atom. The number of benzene rings is 2. The maximum Gasteiger partial charge on any atom is 0.418 e. The molecule has 0 bridgehead atoms. The quantitative estimate of drug-likeness (QED) is 0.756. The number of amides is 1. The van der Waals surface area contributed by atoms with Crippen molar-refractivity contribution >= 4 is 27.3 Å². The van der Waals surface area contributed by atoms with E-state index in [4.69, 9.17) is 4.74 Å². The highest BCUT2D eigenvalue weighted by Gasteiger charge is 2.35. The molecular formula is C19H19F3N2O4S. The van der Waals surface area contributed by atoms with Crippen LogP contribution in [-0.4, -0.2) is 27.0 Å². The van der Waals surface area contributed by atoms with E-state index in [0.717, 1.165) is 11.6 Å². The summed E-state index contributed by atoms with van der Waals surface area (Å²) in [5.41, 5.74) is -1.13. The van der Waals surface area contributed by atoms with Gasteiger partial charge in [0.05, 0.1) is 16.1 Å². The number of alkyl halides is 3. The van der Waals surface area contributed by atoms with Gasteiger partial charge in [-0.25, -0.2) is 8.42 Å². The molecule has 1 heterocycles. The molecule has 1 unspecified atom stereocenters. The van der Waals surface area contributed by atoms with Crippen LogP contribution >= 0.6 is 0 Å². The van der Waals surface area contributed by atoms with Gasteiger partial charge in [0.1, 0.15) is 6.10 Å². The molecule has 1 saturated heterocycles. The Morgan fingerprint density at radius 3 is 2.41 bits per heavy atom. The molecule has 1 amide bonds. The molecule has 3 rings (SSSR count). The third-order valence-electron chi connectivity index (χ3n) is 4.39. The molecule has 0 radical (unpaired) electrons. The molecule has 10 heteroatoms. The van der Waals surface area contributed by atoms with Gasteiger partial charge in [0.25, 0.3) is 15.9 Å². The highest BCUT2D eigenvalue weighted by atomic mass is 32.2. The minimum atomic E-state index is -4.84. The molecular weight excluding hydrogens is 409 g/mol. The molecule has 6 nitrogen and oxygen atoms in total. The van der Waals surface area contributed by atoms with Gasteiger partial charge in [-0.15, -0.1) is 0 Å². The van der Waals surface area contributed by atoms with Gasteiger partial charge in [0.2, 0.25) is 0 Å². The third-order valence-corrected chi connectivity index (χ3v) is 5.77. The maximum atomic E-state index is 13.5. The zero-order valence-corrected chi connectivity index (χ0v) is 16.2. The van der Waals surface area contributed by atoms with E-state index in [1.807, 2.05) is 4.72 Å². The van der Waals surface area contributed by atoms with Crippen LogP contribution in [0.4, 0.5) is 24.5 Å². The molecule has 2 aromatic carbocycles. The van der Waals surface area contributed by atoms with Crippen molar-refractivity contribution in [3.63, 3.8) is 0 Å². The van der Waals surface area contributed by atoms with Crippen LogP contribution in [0.25, 0.3) is 0 Å². The van der Waals surface area contributed by atoms with Crippen molar-refractivity contribution < 1.29 is 31.1 Å². The van der Waals surface area contributed by atoms with Crippen LogP contribution in [-0.2, 0) is 25.7 Å². The van der Waals surface area contributed by atoms with Crippen molar-refractivity contribution in [1.29, 1.82) is 0 Å². The number of halogens is 3. The van der Waals surface area contributed by atoms with Gasteiger partial charge in [0.15, 0.2) is 0 Å². The Morgan fingerprint density at radius 2 is 1.83 bits per heavy atom. The number of nitrogens with one attached hydrogen (secondary N) is 2. The summed E-state index contributed by atoms with van der Waals surface area (Å²) in [5, 5.41) is 2.38. The van der Waals surface area contributed by atoms with E-state index >= 15 is 0 Å². The van der Waals surface area contributed by atoms with E-state index in [1.54, 1.807) is 19.1 Å². The second kappa shape index (κ2) is 8.03. The third kappa shape index (κ3) is 5.07. The zero-order valence-electron chi connectivity index (χ0n) is 15.4.